The Hall–Kier alpha value is -1.46. The molecule has 0 bridgehead atoms. The maximum absolute atomic E-state index is 6.11. The van der Waals surface area contributed by atoms with Crippen LogP contribution in [0.15, 0.2) is 47.3 Å². The van der Waals surface area contributed by atoms with Crippen molar-refractivity contribution in [3.63, 3.8) is 0 Å². The lowest BCUT2D eigenvalue weighted by Gasteiger charge is -2.13. The van der Waals surface area contributed by atoms with Gasteiger partial charge in [-0.1, -0.05) is 30.3 Å². The standard InChI is InChI=1S/C13H15BrN4/c14-11-8-16-9-18-13(11)17-7-6-12(15)10-4-2-1-3-5-10/h1-5,8-9,12H,6-7,15H2,(H,16,17,18). The van der Waals surface area contributed by atoms with Gasteiger partial charge in [0.2, 0.25) is 0 Å². The molecule has 5 heteroatoms. The molecule has 1 atom stereocenters. The van der Waals surface area contributed by atoms with Gasteiger partial charge in [0.05, 0.1) is 4.47 Å². The van der Waals surface area contributed by atoms with Gasteiger partial charge in [-0.25, -0.2) is 9.97 Å². The molecular weight excluding hydrogens is 292 g/mol. The molecule has 1 aromatic carbocycles. The maximum atomic E-state index is 6.11. The summed E-state index contributed by atoms with van der Waals surface area (Å²) in [6, 6.07) is 10.1. The predicted molar refractivity (Wildman–Crippen MR) is 76.2 cm³/mol. The fourth-order valence-electron chi connectivity index (χ4n) is 1.66. The Bertz CT molecular complexity index is 489. The van der Waals surface area contributed by atoms with Crippen LogP contribution in [0.3, 0.4) is 0 Å². The fraction of sp³-hybridized carbons (Fsp3) is 0.231. The Morgan fingerprint density at radius 3 is 2.78 bits per heavy atom. The van der Waals surface area contributed by atoms with Crippen LogP contribution in [0.4, 0.5) is 5.82 Å². The van der Waals surface area contributed by atoms with E-state index in [-0.39, 0.29) is 6.04 Å². The fourth-order valence-corrected chi connectivity index (χ4v) is 2.02. The van der Waals surface area contributed by atoms with Crippen LogP contribution >= 0.6 is 15.9 Å². The molecule has 0 radical (unpaired) electrons. The first-order chi connectivity index (χ1) is 8.77. The van der Waals surface area contributed by atoms with E-state index in [1.54, 1.807) is 6.20 Å². The number of anilines is 1. The van der Waals surface area contributed by atoms with E-state index < -0.39 is 0 Å². The lowest BCUT2D eigenvalue weighted by Crippen LogP contribution is -2.15. The minimum Gasteiger partial charge on any atom is -0.369 e. The highest BCUT2D eigenvalue weighted by molar-refractivity contribution is 9.10. The van der Waals surface area contributed by atoms with Gasteiger partial charge >= 0.3 is 0 Å². The summed E-state index contributed by atoms with van der Waals surface area (Å²) in [5, 5.41) is 3.24. The molecule has 94 valence electrons. The van der Waals surface area contributed by atoms with Crippen molar-refractivity contribution in [2.75, 3.05) is 11.9 Å². The summed E-state index contributed by atoms with van der Waals surface area (Å²) in [7, 11) is 0. The van der Waals surface area contributed by atoms with Crippen molar-refractivity contribution in [3.8, 4) is 0 Å². The van der Waals surface area contributed by atoms with Gasteiger partial charge < -0.3 is 11.1 Å². The van der Waals surface area contributed by atoms with Gasteiger partial charge in [0, 0.05) is 18.8 Å². The first kappa shape index (κ1) is 13.0. The third kappa shape index (κ3) is 3.51. The van der Waals surface area contributed by atoms with E-state index in [0.29, 0.717) is 0 Å². The van der Waals surface area contributed by atoms with Gasteiger partial charge in [0.1, 0.15) is 12.1 Å². The second-order valence-corrected chi connectivity index (χ2v) is 4.81. The highest BCUT2D eigenvalue weighted by Crippen LogP contribution is 2.18. The third-order valence-electron chi connectivity index (χ3n) is 2.64. The summed E-state index contributed by atoms with van der Waals surface area (Å²) in [5.41, 5.74) is 7.27. The summed E-state index contributed by atoms with van der Waals surface area (Å²) in [6.45, 7) is 0.770. The Kier molecular flexibility index (Phi) is 4.66. The number of rotatable bonds is 5. The van der Waals surface area contributed by atoms with E-state index in [0.717, 1.165) is 28.8 Å². The van der Waals surface area contributed by atoms with Gasteiger partial charge in [0.25, 0.3) is 0 Å². The zero-order chi connectivity index (χ0) is 12.8. The van der Waals surface area contributed by atoms with E-state index in [4.69, 9.17) is 5.73 Å². The number of nitrogens with two attached hydrogens (primary N) is 1. The predicted octanol–water partition coefficient (Wildman–Crippen LogP) is 2.74. The number of hydrogen-bond donors (Lipinski definition) is 2. The molecule has 1 unspecified atom stereocenters. The molecule has 1 heterocycles. The van der Waals surface area contributed by atoms with Crippen molar-refractivity contribution in [2.24, 2.45) is 5.73 Å². The maximum Gasteiger partial charge on any atom is 0.143 e. The molecule has 0 aliphatic carbocycles. The Morgan fingerprint density at radius 1 is 1.28 bits per heavy atom. The average Bonchev–Trinajstić information content (AvgIpc) is 2.42. The second kappa shape index (κ2) is 6.47. The number of hydrogen-bond acceptors (Lipinski definition) is 4. The number of nitrogens with one attached hydrogen (secondary N) is 1. The van der Waals surface area contributed by atoms with E-state index >= 15 is 0 Å². The van der Waals surface area contributed by atoms with Crippen molar-refractivity contribution in [1.29, 1.82) is 0 Å². The smallest absolute Gasteiger partial charge is 0.143 e. The third-order valence-corrected chi connectivity index (χ3v) is 3.22. The van der Waals surface area contributed by atoms with Gasteiger partial charge in [-0.3, -0.25) is 0 Å². The van der Waals surface area contributed by atoms with E-state index in [1.807, 2.05) is 30.3 Å². The summed E-state index contributed by atoms with van der Waals surface area (Å²) in [5.74, 6) is 0.797. The van der Waals surface area contributed by atoms with Gasteiger partial charge in [-0.2, -0.15) is 0 Å². The highest BCUT2D eigenvalue weighted by Gasteiger charge is 2.05. The zero-order valence-corrected chi connectivity index (χ0v) is 11.5. The lowest BCUT2D eigenvalue weighted by atomic mass is 10.1. The molecule has 4 nitrogen and oxygen atoms in total. The molecule has 0 aliphatic heterocycles. The summed E-state index contributed by atoms with van der Waals surface area (Å²) < 4.78 is 0.860. The minimum absolute atomic E-state index is 0.0410. The van der Waals surface area contributed by atoms with E-state index in [1.165, 1.54) is 6.33 Å². The van der Waals surface area contributed by atoms with Crippen LogP contribution in [0.2, 0.25) is 0 Å². The lowest BCUT2D eigenvalue weighted by molar-refractivity contribution is 0.674. The number of nitrogens with zero attached hydrogens (tertiary/aromatic N) is 2. The molecular formula is C13H15BrN4. The van der Waals surface area contributed by atoms with Gasteiger partial charge in [-0.15, -0.1) is 0 Å². The molecule has 2 rings (SSSR count). The van der Waals surface area contributed by atoms with Crippen LogP contribution in [0.5, 0.6) is 0 Å². The van der Waals surface area contributed by atoms with Crippen molar-refractivity contribution in [2.45, 2.75) is 12.5 Å². The van der Waals surface area contributed by atoms with Crippen molar-refractivity contribution < 1.29 is 0 Å². The summed E-state index contributed by atoms with van der Waals surface area (Å²) in [6.07, 6.45) is 4.08. The monoisotopic (exact) mass is 306 g/mol. The van der Waals surface area contributed by atoms with Gasteiger partial charge in [-0.05, 0) is 27.9 Å². The Labute approximate surface area is 115 Å². The van der Waals surface area contributed by atoms with Crippen LogP contribution < -0.4 is 11.1 Å². The quantitative estimate of drug-likeness (QED) is 0.891. The normalized spacial score (nSPS) is 12.1. The minimum atomic E-state index is 0.0410. The van der Waals surface area contributed by atoms with E-state index in [9.17, 15) is 0 Å². The molecule has 18 heavy (non-hydrogen) atoms. The topological polar surface area (TPSA) is 63.8 Å². The molecule has 0 amide bonds. The van der Waals surface area contributed by atoms with Crippen LogP contribution in [0, 0.1) is 0 Å². The zero-order valence-electron chi connectivity index (χ0n) is 9.88. The molecule has 2 aromatic rings. The van der Waals surface area contributed by atoms with Crippen molar-refractivity contribution >= 4 is 21.7 Å². The Balaban J connectivity index is 1.84. The molecule has 3 N–H and O–H groups in total. The number of aromatic nitrogens is 2. The first-order valence-corrected chi connectivity index (χ1v) is 6.56. The molecule has 0 aliphatic rings. The van der Waals surface area contributed by atoms with Crippen LogP contribution in [-0.2, 0) is 0 Å². The van der Waals surface area contributed by atoms with Crippen LogP contribution in [0.1, 0.15) is 18.0 Å². The number of halogens is 1. The first-order valence-electron chi connectivity index (χ1n) is 5.77. The van der Waals surface area contributed by atoms with Crippen LogP contribution in [-0.4, -0.2) is 16.5 Å². The molecule has 0 fully saturated rings. The van der Waals surface area contributed by atoms with Crippen molar-refractivity contribution in [1.82, 2.24) is 9.97 Å². The molecule has 0 saturated carbocycles. The molecule has 1 aromatic heterocycles. The second-order valence-electron chi connectivity index (χ2n) is 3.95. The Morgan fingerprint density at radius 2 is 2.06 bits per heavy atom. The SMILES string of the molecule is NC(CCNc1ncncc1Br)c1ccccc1. The molecule has 0 spiro atoms. The van der Waals surface area contributed by atoms with Gasteiger partial charge in [0.15, 0.2) is 0 Å². The molecule has 0 saturated heterocycles. The number of benzene rings is 1. The highest BCUT2D eigenvalue weighted by atomic mass is 79.9. The summed E-state index contributed by atoms with van der Waals surface area (Å²) >= 11 is 3.39. The van der Waals surface area contributed by atoms with Crippen LogP contribution in [0.25, 0.3) is 0 Å². The van der Waals surface area contributed by atoms with Crippen molar-refractivity contribution in [3.05, 3.63) is 52.9 Å². The average molecular weight is 307 g/mol. The largest absolute Gasteiger partial charge is 0.369 e. The summed E-state index contributed by atoms with van der Waals surface area (Å²) in [4.78, 5) is 8.05. The van der Waals surface area contributed by atoms with E-state index in [2.05, 4.69) is 31.2 Å².